The molecule has 0 saturated heterocycles. The van der Waals surface area contributed by atoms with E-state index in [1.165, 1.54) is 48.5 Å². The van der Waals surface area contributed by atoms with Crippen LogP contribution in [0.25, 0.3) is 0 Å². The second-order valence-corrected chi connectivity index (χ2v) is 9.94. The van der Waals surface area contributed by atoms with Crippen molar-refractivity contribution in [2.45, 2.75) is 31.8 Å². The summed E-state index contributed by atoms with van der Waals surface area (Å²) >= 11 is 0. The van der Waals surface area contributed by atoms with Crippen LogP contribution in [0.2, 0.25) is 0 Å². The SMILES string of the molecule is CC(F)(F)Oc1cccc(C(=O)C(CC(=O)c2ccc(Oc3ccccc3)cc2)c2ccc(C(=O)NCCC(=O)O)cc2)c1. The Balaban J connectivity index is 1.57. The smallest absolute Gasteiger partial charge is 0.394 e. The number of ketones is 2. The van der Waals surface area contributed by atoms with Crippen LogP contribution in [0, 0.1) is 0 Å². The van der Waals surface area contributed by atoms with E-state index in [0.717, 1.165) is 0 Å². The molecule has 4 aromatic rings. The highest BCUT2D eigenvalue weighted by atomic mass is 19.3. The molecule has 2 N–H and O–H groups in total. The maximum absolute atomic E-state index is 13.8. The van der Waals surface area contributed by atoms with E-state index in [9.17, 15) is 28.0 Å². The molecule has 0 aliphatic rings. The van der Waals surface area contributed by atoms with E-state index in [4.69, 9.17) is 9.84 Å². The lowest BCUT2D eigenvalue weighted by atomic mass is 9.85. The fourth-order valence-electron chi connectivity index (χ4n) is 4.37. The molecule has 10 heteroatoms. The van der Waals surface area contributed by atoms with Gasteiger partial charge in [-0.05, 0) is 66.2 Å². The summed E-state index contributed by atoms with van der Waals surface area (Å²) in [4.78, 5) is 50.3. The molecule has 0 aromatic heterocycles. The Hall–Kier alpha value is -5.38. The minimum atomic E-state index is -3.46. The fraction of sp³-hybridized carbons (Fsp3) is 0.176. The lowest BCUT2D eigenvalue weighted by Crippen LogP contribution is -2.26. The zero-order valence-electron chi connectivity index (χ0n) is 23.7. The maximum atomic E-state index is 13.8. The highest BCUT2D eigenvalue weighted by Gasteiger charge is 2.28. The predicted molar refractivity (Wildman–Crippen MR) is 158 cm³/mol. The van der Waals surface area contributed by atoms with E-state index in [1.807, 2.05) is 18.2 Å². The Kier molecular flexibility index (Phi) is 10.2. The second kappa shape index (κ2) is 14.2. The molecular formula is C34H29F2NO7. The van der Waals surface area contributed by atoms with Gasteiger partial charge in [0.2, 0.25) is 0 Å². The number of carbonyl (C=O) groups is 4. The quantitative estimate of drug-likeness (QED) is 0.151. The number of carbonyl (C=O) groups excluding carboxylic acids is 3. The molecular weight excluding hydrogens is 572 g/mol. The van der Waals surface area contributed by atoms with Gasteiger partial charge < -0.3 is 19.9 Å². The first-order valence-electron chi connectivity index (χ1n) is 13.7. The van der Waals surface area contributed by atoms with Crippen molar-refractivity contribution in [1.29, 1.82) is 0 Å². The van der Waals surface area contributed by atoms with Crippen LogP contribution in [-0.2, 0) is 4.79 Å². The molecule has 0 bridgehead atoms. The molecule has 226 valence electrons. The van der Waals surface area contributed by atoms with Gasteiger partial charge in [0.1, 0.15) is 17.2 Å². The number of hydrogen-bond acceptors (Lipinski definition) is 6. The topological polar surface area (TPSA) is 119 Å². The van der Waals surface area contributed by atoms with E-state index < -0.39 is 29.7 Å². The Labute approximate surface area is 252 Å². The molecule has 0 fully saturated rings. The summed E-state index contributed by atoms with van der Waals surface area (Å²) < 4.78 is 37.3. The van der Waals surface area contributed by atoms with Crippen molar-refractivity contribution in [1.82, 2.24) is 5.32 Å². The van der Waals surface area contributed by atoms with Crippen molar-refractivity contribution < 1.29 is 42.5 Å². The second-order valence-electron chi connectivity index (χ2n) is 9.94. The van der Waals surface area contributed by atoms with E-state index >= 15 is 0 Å². The van der Waals surface area contributed by atoms with Crippen molar-refractivity contribution >= 4 is 23.4 Å². The maximum Gasteiger partial charge on any atom is 0.394 e. The normalized spacial score (nSPS) is 11.7. The number of hydrogen-bond donors (Lipinski definition) is 2. The number of carboxylic acids is 1. The zero-order chi connectivity index (χ0) is 31.7. The minimum absolute atomic E-state index is 0.0596. The van der Waals surface area contributed by atoms with Crippen LogP contribution in [0.15, 0.2) is 103 Å². The van der Waals surface area contributed by atoms with Crippen molar-refractivity contribution in [3.63, 3.8) is 0 Å². The number of para-hydroxylation sites is 1. The Bertz CT molecular complexity index is 1620. The minimum Gasteiger partial charge on any atom is -0.481 e. The highest BCUT2D eigenvalue weighted by Crippen LogP contribution is 2.30. The van der Waals surface area contributed by atoms with Gasteiger partial charge in [0, 0.05) is 36.6 Å². The van der Waals surface area contributed by atoms with Crippen molar-refractivity contribution in [2.24, 2.45) is 0 Å². The van der Waals surface area contributed by atoms with Gasteiger partial charge in [-0.2, -0.15) is 8.78 Å². The van der Waals surface area contributed by atoms with Crippen LogP contribution in [-0.4, -0.2) is 41.2 Å². The number of benzene rings is 4. The number of amides is 1. The predicted octanol–water partition coefficient (Wildman–Crippen LogP) is 6.91. The van der Waals surface area contributed by atoms with Gasteiger partial charge >= 0.3 is 12.1 Å². The molecule has 1 atom stereocenters. The Morgan fingerprint density at radius 3 is 2.02 bits per heavy atom. The van der Waals surface area contributed by atoms with Crippen LogP contribution in [0.1, 0.15) is 62.3 Å². The molecule has 8 nitrogen and oxygen atoms in total. The summed E-state index contributed by atoms with van der Waals surface area (Å²) in [6.07, 6.45) is -3.96. The number of alkyl halides is 2. The molecule has 1 amide bonds. The van der Waals surface area contributed by atoms with Crippen LogP contribution in [0.5, 0.6) is 17.2 Å². The largest absolute Gasteiger partial charge is 0.481 e. The summed E-state index contributed by atoms with van der Waals surface area (Å²) in [6, 6.07) is 26.9. The molecule has 1 unspecified atom stereocenters. The van der Waals surface area contributed by atoms with Crippen LogP contribution in [0.4, 0.5) is 8.78 Å². The first kappa shape index (κ1) is 31.6. The summed E-state index contributed by atoms with van der Waals surface area (Å²) in [6.45, 7) is 0.522. The van der Waals surface area contributed by atoms with Gasteiger partial charge in [-0.15, -0.1) is 0 Å². The molecule has 0 saturated carbocycles. The first-order chi connectivity index (χ1) is 21.0. The number of ether oxygens (including phenoxy) is 2. The van der Waals surface area contributed by atoms with E-state index in [0.29, 0.717) is 29.5 Å². The molecule has 0 heterocycles. The third-order valence-electron chi connectivity index (χ3n) is 6.48. The molecule has 4 aromatic carbocycles. The number of aliphatic carboxylic acids is 1. The molecule has 0 aliphatic carbocycles. The van der Waals surface area contributed by atoms with Gasteiger partial charge in [-0.25, -0.2) is 0 Å². The van der Waals surface area contributed by atoms with Gasteiger partial charge in [0.05, 0.1) is 12.3 Å². The molecule has 4 rings (SSSR count). The summed E-state index contributed by atoms with van der Waals surface area (Å²) in [5.41, 5.74) is 1.04. The van der Waals surface area contributed by atoms with E-state index in [1.54, 1.807) is 36.4 Å². The lowest BCUT2D eigenvalue weighted by molar-refractivity contribution is -0.159. The summed E-state index contributed by atoms with van der Waals surface area (Å²) in [7, 11) is 0. The third kappa shape index (κ3) is 9.06. The van der Waals surface area contributed by atoms with Gasteiger partial charge in [0.15, 0.2) is 11.6 Å². The molecule has 44 heavy (non-hydrogen) atoms. The number of nitrogens with one attached hydrogen (secondary N) is 1. The van der Waals surface area contributed by atoms with Gasteiger partial charge in [-0.3, -0.25) is 19.2 Å². The number of Topliss-reactive ketones (excluding diaryl/α,β-unsaturated/α-hetero) is 2. The summed E-state index contributed by atoms with van der Waals surface area (Å²) in [5, 5.41) is 11.3. The third-order valence-corrected chi connectivity index (χ3v) is 6.48. The molecule has 0 radical (unpaired) electrons. The van der Waals surface area contributed by atoms with Crippen LogP contribution in [0.3, 0.4) is 0 Å². The lowest BCUT2D eigenvalue weighted by Gasteiger charge is -2.18. The average Bonchev–Trinajstić information content (AvgIpc) is 2.99. The first-order valence-corrected chi connectivity index (χ1v) is 13.7. The zero-order valence-corrected chi connectivity index (χ0v) is 23.7. The van der Waals surface area contributed by atoms with Crippen LogP contribution >= 0.6 is 0 Å². The van der Waals surface area contributed by atoms with E-state index in [-0.39, 0.29) is 42.0 Å². The fourth-order valence-corrected chi connectivity index (χ4v) is 4.37. The Morgan fingerprint density at radius 2 is 1.39 bits per heavy atom. The molecule has 0 spiro atoms. The average molecular weight is 602 g/mol. The monoisotopic (exact) mass is 601 g/mol. The Morgan fingerprint density at radius 1 is 0.773 bits per heavy atom. The van der Waals surface area contributed by atoms with Crippen molar-refractivity contribution in [2.75, 3.05) is 6.54 Å². The standard InChI is InChI=1S/C34H29F2NO7/c1-34(35,36)44-28-9-5-6-25(20-28)32(41)29(22-10-12-24(13-11-22)33(42)37-19-18-31(39)40)21-30(38)23-14-16-27(17-15-23)43-26-7-3-2-4-8-26/h2-17,20,29H,18-19,21H2,1H3,(H,37,42)(H,39,40). The van der Waals surface area contributed by atoms with Crippen LogP contribution < -0.4 is 14.8 Å². The number of rotatable bonds is 14. The molecule has 0 aliphatic heterocycles. The summed E-state index contributed by atoms with van der Waals surface area (Å²) in [5.74, 6) is -2.50. The van der Waals surface area contributed by atoms with Crippen molar-refractivity contribution in [3.8, 4) is 17.2 Å². The highest BCUT2D eigenvalue weighted by molar-refractivity contribution is 6.06. The van der Waals surface area contributed by atoms with Gasteiger partial charge in [0.25, 0.3) is 5.91 Å². The number of carboxylic acid groups (broad SMARTS) is 1. The van der Waals surface area contributed by atoms with Gasteiger partial charge in [-0.1, -0.05) is 42.5 Å². The van der Waals surface area contributed by atoms with Crippen molar-refractivity contribution in [3.05, 3.63) is 125 Å². The van der Waals surface area contributed by atoms with E-state index in [2.05, 4.69) is 10.1 Å². The number of halogens is 2.